The summed E-state index contributed by atoms with van der Waals surface area (Å²) in [4.78, 5) is 0. The molecule has 0 aromatic heterocycles. The molecule has 0 unspecified atom stereocenters. The van der Waals surface area contributed by atoms with E-state index in [2.05, 4.69) is 48.5 Å². The molecule has 0 N–H and O–H groups in total. The second-order valence-corrected chi connectivity index (χ2v) is 5.88. The average Bonchev–Trinajstić information content (AvgIpc) is 2.39. The minimum absolute atomic E-state index is 0.0128. The summed E-state index contributed by atoms with van der Waals surface area (Å²) in [6.07, 6.45) is 1.67. The maximum absolute atomic E-state index is 6.41. The van der Waals surface area contributed by atoms with Crippen molar-refractivity contribution in [3.63, 3.8) is 0 Å². The molecule has 0 fully saturated rings. The van der Waals surface area contributed by atoms with Crippen molar-refractivity contribution in [2.45, 2.75) is 23.6 Å². The predicted molar refractivity (Wildman–Crippen MR) is 78.6 cm³/mol. The lowest BCUT2D eigenvalue weighted by Crippen LogP contribution is -2.22. The van der Waals surface area contributed by atoms with Crippen molar-refractivity contribution in [1.29, 1.82) is 0 Å². The highest BCUT2D eigenvalue weighted by atomic mass is 35.5. The second kappa shape index (κ2) is 4.95. The zero-order chi connectivity index (χ0) is 12.5. The van der Waals surface area contributed by atoms with Crippen LogP contribution in [0.2, 0.25) is 0 Å². The highest BCUT2D eigenvalue weighted by Crippen LogP contribution is 2.34. The van der Waals surface area contributed by atoms with Crippen LogP contribution in [0, 0.1) is 0 Å². The molecule has 1 aliphatic rings. The minimum Gasteiger partial charge on any atom is -0.121 e. The lowest BCUT2D eigenvalue weighted by atomic mass is 9.87. The molecule has 0 spiro atoms. The van der Waals surface area contributed by atoms with Crippen LogP contribution in [0.3, 0.4) is 0 Å². The second-order valence-electron chi connectivity index (χ2n) is 4.75. The number of hydrogen-bond acceptors (Lipinski definition) is 0. The molecule has 1 aliphatic carbocycles. The zero-order valence-electron chi connectivity index (χ0n) is 9.94. The summed E-state index contributed by atoms with van der Waals surface area (Å²) >= 11 is 12.8. The van der Waals surface area contributed by atoms with E-state index in [0.717, 1.165) is 12.8 Å². The SMILES string of the molecule is Cl[C@@H]1Cc2ccccc2-c2ccccc2C[C@H]1Cl. The van der Waals surface area contributed by atoms with Crippen molar-refractivity contribution in [2.24, 2.45) is 0 Å². The maximum atomic E-state index is 6.41. The van der Waals surface area contributed by atoms with E-state index in [1.54, 1.807) is 0 Å². The maximum Gasteiger partial charge on any atom is 0.0543 e. The van der Waals surface area contributed by atoms with Crippen LogP contribution in [0.15, 0.2) is 48.5 Å². The first kappa shape index (κ1) is 12.1. The van der Waals surface area contributed by atoms with Crippen molar-refractivity contribution in [3.05, 3.63) is 59.7 Å². The standard InChI is InChI=1S/C16H14Cl2/c17-15-9-11-5-1-3-7-13(11)14-8-4-2-6-12(14)10-16(15)18/h1-8,15-16H,9-10H2/t15-,16-/m1/s1. The zero-order valence-corrected chi connectivity index (χ0v) is 11.5. The predicted octanol–water partition coefficient (Wildman–Crippen LogP) is 4.67. The van der Waals surface area contributed by atoms with Crippen LogP contribution in [0.25, 0.3) is 11.1 Å². The molecule has 18 heavy (non-hydrogen) atoms. The summed E-state index contributed by atoms with van der Waals surface area (Å²) in [7, 11) is 0. The van der Waals surface area contributed by atoms with Gasteiger partial charge in [0, 0.05) is 0 Å². The van der Waals surface area contributed by atoms with Crippen LogP contribution < -0.4 is 0 Å². The third-order valence-electron chi connectivity index (χ3n) is 3.55. The molecule has 2 aromatic rings. The lowest BCUT2D eigenvalue weighted by molar-refractivity contribution is 0.747. The van der Waals surface area contributed by atoms with Gasteiger partial charge in [0.2, 0.25) is 0 Å². The van der Waals surface area contributed by atoms with Gasteiger partial charge in [-0.3, -0.25) is 0 Å². The number of halogens is 2. The summed E-state index contributed by atoms with van der Waals surface area (Å²) in [5.41, 5.74) is 5.16. The molecule has 0 saturated heterocycles. The minimum atomic E-state index is -0.0128. The van der Waals surface area contributed by atoms with Gasteiger partial charge in [0.1, 0.15) is 0 Å². The van der Waals surface area contributed by atoms with Gasteiger partial charge in [-0.25, -0.2) is 0 Å². The summed E-state index contributed by atoms with van der Waals surface area (Å²) in [5, 5.41) is -0.0256. The summed E-state index contributed by atoms with van der Waals surface area (Å²) in [6, 6.07) is 16.9. The third-order valence-corrected chi connectivity index (χ3v) is 4.59. The van der Waals surface area contributed by atoms with Gasteiger partial charge in [0.25, 0.3) is 0 Å². The van der Waals surface area contributed by atoms with E-state index >= 15 is 0 Å². The summed E-state index contributed by atoms with van der Waals surface area (Å²) < 4.78 is 0. The Hall–Kier alpha value is -0.980. The first-order chi connectivity index (χ1) is 8.75. The monoisotopic (exact) mass is 276 g/mol. The molecule has 0 nitrogen and oxygen atoms in total. The number of benzene rings is 2. The molecule has 0 aliphatic heterocycles. The van der Waals surface area contributed by atoms with E-state index in [0.29, 0.717) is 0 Å². The van der Waals surface area contributed by atoms with Crippen molar-refractivity contribution >= 4 is 23.2 Å². The van der Waals surface area contributed by atoms with Crippen LogP contribution in [0.1, 0.15) is 11.1 Å². The molecule has 92 valence electrons. The van der Waals surface area contributed by atoms with Gasteiger partial charge in [0.15, 0.2) is 0 Å². The van der Waals surface area contributed by atoms with E-state index in [1.807, 2.05) is 0 Å². The van der Waals surface area contributed by atoms with Gasteiger partial charge in [-0.15, -0.1) is 23.2 Å². The van der Waals surface area contributed by atoms with E-state index in [4.69, 9.17) is 23.2 Å². The Bertz CT molecular complexity index is 511. The smallest absolute Gasteiger partial charge is 0.0543 e. The van der Waals surface area contributed by atoms with Crippen molar-refractivity contribution in [1.82, 2.24) is 0 Å². The van der Waals surface area contributed by atoms with E-state index in [9.17, 15) is 0 Å². The Morgan fingerprint density at radius 3 is 1.50 bits per heavy atom. The molecule has 2 aromatic carbocycles. The van der Waals surface area contributed by atoms with Gasteiger partial charge < -0.3 is 0 Å². The fourth-order valence-electron chi connectivity index (χ4n) is 2.60. The molecular formula is C16H14Cl2. The van der Waals surface area contributed by atoms with Crippen molar-refractivity contribution in [2.75, 3.05) is 0 Å². The van der Waals surface area contributed by atoms with Crippen LogP contribution in [0.5, 0.6) is 0 Å². The average molecular weight is 277 g/mol. The molecule has 2 atom stereocenters. The van der Waals surface area contributed by atoms with Crippen LogP contribution in [-0.2, 0) is 12.8 Å². The Morgan fingerprint density at radius 2 is 1.06 bits per heavy atom. The van der Waals surface area contributed by atoms with Crippen LogP contribution in [-0.4, -0.2) is 10.8 Å². The lowest BCUT2D eigenvalue weighted by Gasteiger charge is -2.23. The molecule has 3 rings (SSSR count). The number of rotatable bonds is 0. The Labute approximate surface area is 118 Å². The number of alkyl halides is 2. The van der Waals surface area contributed by atoms with E-state index in [-0.39, 0.29) is 10.8 Å². The largest absolute Gasteiger partial charge is 0.121 e. The molecule has 2 heteroatoms. The fraction of sp³-hybridized carbons (Fsp3) is 0.250. The van der Waals surface area contributed by atoms with Crippen LogP contribution in [0.4, 0.5) is 0 Å². The molecule has 0 bridgehead atoms. The van der Waals surface area contributed by atoms with Crippen molar-refractivity contribution < 1.29 is 0 Å². The Balaban J connectivity index is 2.21. The first-order valence-corrected chi connectivity index (χ1v) is 7.07. The van der Waals surface area contributed by atoms with E-state index in [1.165, 1.54) is 22.3 Å². The molecule has 0 amide bonds. The number of fused-ring (bicyclic) bond motifs is 3. The molecular weight excluding hydrogens is 263 g/mol. The van der Waals surface area contributed by atoms with E-state index < -0.39 is 0 Å². The quantitative estimate of drug-likeness (QED) is 0.614. The van der Waals surface area contributed by atoms with Gasteiger partial charge in [-0.2, -0.15) is 0 Å². The molecule has 0 saturated carbocycles. The highest BCUT2D eigenvalue weighted by Gasteiger charge is 2.23. The fourth-order valence-corrected chi connectivity index (χ4v) is 3.11. The topological polar surface area (TPSA) is 0 Å². The first-order valence-electron chi connectivity index (χ1n) is 6.20. The van der Waals surface area contributed by atoms with Crippen molar-refractivity contribution in [3.8, 4) is 11.1 Å². The van der Waals surface area contributed by atoms with Gasteiger partial charge in [0.05, 0.1) is 10.8 Å². The molecule has 0 heterocycles. The summed E-state index contributed by atoms with van der Waals surface area (Å²) in [6.45, 7) is 0. The normalized spacial score (nSPS) is 22.6. The Kier molecular flexibility index (Phi) is 3.32. The van der Waals surface area contributed by atoms with Crippen LogP contribution >= 0.6 is 23.2 Å². The third kappa shape index (κ3) is 2.15. The van der Waals surface area contributed by atoms with Gasteiger partial charge >= 0.3 is 0 Å². The van der Waals surface area contributed by atoms with Gasteiger partial charge in [-0.1, -0.05) is 48.5 Å². The van der Waals surface area contributed by atoms with Gasteiger partial charge in [-0.05, 0) is 35.1 Å². The highest BCUT2D eigenvalue weighted by molar-refractivity contribution is 6.30. The number of hydrogen-bond donors (Lipinski definition) is 0. The Morgan fingerprint density at radius 1 is 0.667 bits per heavy atom. The molecule has 0 radical (unpaired) electrons. The summed E-state index contributed by atoms with van der Waals surface area (Å²) in [5.74, 6) is 0.